The second-order valence-electron chi connectivity index (χ2n) is 5.98. The first kappa shape index (κ1) is 17.8. The van der Waals surface area contributed by atoms with Crippen LogP contribution in [-0.4, -0.2) is 26.5 Å². The maximum absolute atomic E-state index is 13.1. The molecule has 3 N–H and O–H groups in total. The Kier molecular flexibility index (Phi) is 4.60. The molecule has 3 rings (SSSR count). The van der Waals surface area contributed by atoms with Gasteiger partial charge in [0.15, 0.2) is 0 Å². The van der Waals surface area contributed by atoms with Gasteiger partial charge in [-0.25, -0.2) is 9.78 Å². The van der Waals surface area contributed by atoms with Crippen molar-refractivity contribution < 1.29 is 14.7 Å². The average molecular weight is 371 g/mol. The minimum atomic E-state index is -1.13. The Morgan fingerprint density at radius 1 is 1.31 bits per heavy atom. The molecule has 0 aliphatic rings. The number of primary amides is 1. The van der Waals surface area contributed by atoms with Gasteiger partial charge < -0.3 is 10.8 Å². The van der Waals surface area contributed by atoms with Crippen LogP contribution in [0, 0.1) is 6.92 Å². The number of benzene rings is 1. The summed E-state index contributed by atoms with van der Waals surface area (Å²) in [5, 5.41) is 9.67. The molecule has 3 aromatic rings. The number of aromatic nitrogens is 2. The van der Waals surface area contributed by atoms with Crippen LogP contribution < -0.4 is 11.3 Å². The highest BCUT2D eigenvalue weighted by Crippen LogP contribution is 2.28. The number of carbonyl (C=O) groups excluding carboxylic acids is 1. The van der Waals surface area contributed by atoms with E-state index in [-0.39, 0.29) is 10.3 Å². The van der Waals surface area contributed by atoms with Crippen LogP contribution in [0.3, 0.4) is 0 Å². The van der Waals surface area contributed by atoms with E-state index in [1.807, 2.05) is 30.3 Å². The summed E-state index contributed by atoms with van der Waals surface area (Å²) >= 11 is 1.05. The van der Waals surface area contributed by atoms with Crippen molar-refractivity contribution >= 4 is 33.4 Å². The van der Waals surface area contributed by atoms with Crippen LogP contribution >= 0.6 is 11.3 Å². The van der Waals surface area contributed by atoms with Crippen molar-refractivity contribution in [1.82, 2.24) is 9.55 Å². The van der Waals surface area contributed by atoms with Crippen LogP contribution in [0.5, 0.6) is 0 Å². The predicted octanol–water partition coefficient (Wildman–Crippen LogP) is 2.10. The molecule has 0 saturated carbocycles. The summed E-state index contributed by atoms with van der Waals surface area (Å²) in [4.78, 5) is 41.4. The highest BCUT2D eigenvalue weighted by molar-refractivity contribution is 7.20. The molecule has 2 heterocycles. The Morgan fingerprint density at radius 3 is 2.54 bits per heavy atom. The maximum atomic E-state index is 13.1. The van der Waals surface area contributed by atoms with Crippen molar-refractivity contribution in [1.29, 1.82) is 0 Å². The van der Waals surface area contributed by atoms with Crippen LogP contribution in [0.2, 0.25) is 0 Å². The van der Waals surface area contributed by atoms with Gasteiger partial charge in [0.2, 0.25) is 0 Å². The normalized spacial score (nSPS) is 12.2. The number of aliphatic carboxylic acids is 1. The molecule has 1 amide bonds. The summed E-state index contributed by atoms with van der Waals surface area (Å²) in [7, 11) is 0. The van der Waals surface area contributed by atoms with Crippen molar-refractivity contribution in [2.45, 2.75) is 26.3 Å². The number of carbonyl (C=O) groups is 2. The third-order valence-electron chi connectivity index (χ3n) is 4.24. The van der Waals surface area contributed by atoms with Crippen molar-refractivity contribution in [3.63, 3.8) is 0 Å². The summed E-state index contributed by atoms with van der Waals surface area (Å²) < 4.78 is 1.18. The molecule has 7 nitrogen and oxygen atoms in total. The first-order valence-corrected chi connectivity index (χ1v) is 8.74. The molecule has 134 valence electrons. The third kappa shape index (κ3) is 2.99. The van der Waals surface area contributed by atoms with E-state index < -0.39 is 23.5 Å². The number of rotatable bonds is 5. The number of hydrogen-bond donors (Lipinski definition) is 2. The maximum Gasteiger partial charge on any atom is 0.326 e. The number of nitrogens with two attached hydrogens (primary N) is 1. The molecular weight excluding hydrogens is 354 g/mol. The van der Waals surface area contributed by atoms with Crippen LogP contribution in [-0.2, 0) is 11.2 Å². The number of carboxylic acids is 1. The van der Waals surface area contributed by atoms with Gasteiger partial charge >= 0.3 is 5.97 Å². The number of carboxylic acid groups (broad SMARTS) is 1. The summed E-state index contributed by atoms with van der Waals surface area (Å²) in [6.07, 6.45) is 0.298. The summed E-state index contributed by atoms with van der Waals surface area (Å²) in [6.45, 7) is 3.05. The van der Waals surface area contributed by atoms with Crippen molar-refractivity contribution in [3.05, 3.63) is 62.5 Å². The lowest BCUT2D eigenvalue weighted by Crippen LogP contribution is -2.32. The lowest BCUT2D eigenvalue weighted by molar-refractivity contribution is -0.140. The Balaban J connectivity index is 2.31. The zero-order valence-corrected chi connectivity index (χ0v) is 15.0. The molecule has 2 aromatic heterocycles. The van der Waals surface area contributed by atoms with E-state index in [1.54, 1.807) is 6.92 Å². The van der Waals surface area contributed by atoms with Gasteiger partial charge in [0.05, 0.1) is 10.3 Å². The van der Waals surface area contributed by atoms with Crippen LogP contribution in [0.1, 0.15) is 39.6 Å². The van der Waals surface area contributed by atoms with Gasteiger partial charge in [-0.1, -0.05) is 30.3 Å². The molecule has 0 aliphatic heterocycles. The number of nitrogens with zero attached hydrogens (tertiary/aromatic N) is 2. The number of aryl methyl sites for hydroxylation is 1. The topological polar surface area (TPSA) is 115 Å². The molecule has 0 bridgehead atoms. The Morgan fingerprint density at radius 2 is 1.96 bits per heavy atom. The fourth-order valence-electron chi connectivity index (χ4n) is 2.89. The SMILES string of the molecule is Cc1c(C(N)=O)sc2nc(Cc3ccccc3)n(C(C)C(=O)O)c(=O)c12. The second kappa shape index (κ2) is 6.72. The Bertz CT molecular complexity index is 1070. The van der Waals surface area contributed by atoms with Crippen LogP contribution in [0.4, 0.5) is 0 Å². The quantitative estimate of drug-likeness (QED) is 0.713. The van der Waals surface area contributed by atoms with Gasteiger partial charge in [-0.2, -0.15) is 0 Å². The van der Waals surface area contributed by atoms with Crippen molar-refractivity contribution in [2.75, 3.05) is 0 Å². The summed E-state index contributed by atoms with van der Waals surface area (Å²) in [5.74, 6) is -1.43. The molecule has 1 atom stereocenters. The third-order valence-corrected chi connectivity index (χ3v) is 5.44. The van der Waals surface area contributed by atoms with Gasteiger partial charge in [0.25, 0.3) is 11.5 Å². The zero-order chi connectivity index (χ0) is 19.0. The monoisotopic (exact) mass is 371 g/mol. The van der Waals surface area contributed by atoms with Gasteiger partial charge in [-0.3, -0.25) is 14.2 Å². The average Bonchev–Trinajstić information content (AvgIpc) is 2.92. The van der Waals surface area contributed by atoms with E-state index >= 15 is 0 Å². The Hall–Kier alpha value is -3.00. The fourth-order valence-corrected chi connectivity index (χ4v) is 3.93. The molecule has 8 heteroatoms. The van der Waals surface area contributed by atoms with E-state index in [2.05, 4.69) is 4.98 Å². The molecule has 0 saturated heterocycles. The molecule has 0 fully saturated rings. The first-order valence-electron chi connectivity index (χ1n) is 7.92. The number of amides is 1. The highest BCUT2D eigenvalue weighted by Gasteiger charge is 2.25. The predicted molar refractivity (Wildman–Crippen MR) is 98.7 cm³/mol. The van der Waals surface area contributed by atoms with Gasteiger partial charge in [-0.15, -0.1) is 11.3 Å². The molecule has 1 aromatic carbocycles. The van der Waals surface area contributed by atoms with Crippen LogP contribution in [0.25, 0.3) is 10.2 Å². The van der Waals surface area contributed by atoms with Crippen molar-refractivity contribution in [3.8, 4) is 0 Å². The highest BCUT2D eigenvalue weighted by atomic mass is 32.1. The molecule has 1 unspecified atom stereocenters. The van der Waals surface area contributed by atoms with E-state index in [1.165, 1.54) is 11.5 Å². The van der Waals surface area contributed by atoms with E-state index in [0.29, 0.717) is 22.6 Å². The minimum Gasteiger partial charge on any atom is -0.480 e. The van der Waals surface area contributed by atoms with E-state index in [9.17, 15) is 19.5 Å². The standard InChI is InChI=1S/C18H17N3O4S/c1-9-13-16(26-14(9)15(19)22)20-12(8-11-6-4-3-5-7-11)21(17(13)23)10(2)18(24)25/h3-7,10H,8H2,1-2H3,(H2,19,22)(H,24,25). The van der Waals surface area contributed by atoms with E-state index in [0.717, 1.165) is 16.9 Å². The second-order valence-corrected chi connectivity index (χ2v) is 6.98. The number of fused-ring (bicyclic) bond motifs is 1. The lowest BCUT2D eigenvalue weighted by Gasteiger charge is -2.16. The van der Waals surface area contributed by atoms with Crippen molar-refractivity contribution in [2.24, 2.45) is 5.73 Å². The molecule has 26 heavy (non-hydrogen) atoms. The largest absolute Gasteiger partial charge is 0.480 e. The van der Waals surface area contributed by atoms with Crippen LogP contribution in [0.15, 0.2) is 35.1 Å². The minimum absolute atomic E-state index is 0.244. The molecule has 0 aliphatic carbocycles. The smallest absolute Gasteiger partial charge is 0.326 e. The molecular formula is C18H17N3O4S. The fraction of sp³-hybridized carbons (Fsp3) is 0.222. The number of thiophene rings is 1. The zero-order valence-electron chi connectivity index (χ0n) is 14.2. The lowest BCUT2D eigenvalue weighted by atomic mass is 10.1. The number of hydrogen-bond acceptors (Lipinski definition) is 5. The van der Waals surface area contributed by atoms with Gasteiger partial charge in [0, 0.05) is 6.42 Å². The van der Waals surface area contributed by atoms with Gasteiger partial charge in [0.1, 0.15) is 16.7 Å². The van der Waals surface area contributed by atoms with E-state index in [4.69, 9.17) is 5.73 Å². The first-order chi connectivity index (χ1) is 12.3. The Labute approximate surface area is 152 Å². The summed E-state index contributed by atoms with van der Waals surface area (Å²) in [5.41, 5.74) is 6.24. The summed E-state index contributed by atoms with van der Waals surface area (Å²) in [6, 6.07) is 8.25. The molecule has 0 radical (unpaired) electrons. The van der Waals surface area contributed by atoms with Gasteiger partial charge in [-0.05, 0) is 25.0 Å². The molecule has 0 spiro atoms.